The van der Waals surface area contributed by atoms with E-state index in [2.05, 4.69) is 27.6 Å². The van der Waals surface area contributed by atoms with Crippen LogP contribution in [0.5, 0.6) is 5.75 Å². The van der Waals surface area contributed by atoms with Crippen LogP contribution < -0.4 is 15.0 Å². The summed E-state index contributed by atoms with van der Waals surface area (Å²) in [6, 6.07) is 17.4. The van der Waals surface area contributed by atoms with E-state index in [0.29, 0.717) is 11.7 Å². The van der Waals surface area contributed by atoms with Gasteiger partial charge in [-0.1, -0.05) is 41.7 Å². The third kappa shape index (κ3) is 4.65. The van der Waals surface area contributed by atoms with Gasteiger partial charge in [-0.25, -0.2) is 0 Å². The van der Waals surface area contributed by atoms with E-state index in [-0.39, 0.29) is 18.2 Å². The number of nitrogens with zero attached hydrogens (tertiary/aromatic N) is 3. The van der Waals surface area contributed by atoms with Crippen molar-refractivity contribution in [1.29, 1.82) is 0 Å². The van der Waals surface area contributed by atoms with Gasteiger partial charge in [-0.05, 0) is 36.2 Å². The summed E-state index contributed by atoms with van der Waals surface area (Å²) < 4.78 is 5.15. The third-order valence-electron chi connectivity index (χ3n) is 5.05. The molecular formula is C22H22N4O3S. The Bertz CT molecular complexity index is 1020. The fourth-order valence-corrected chi connectivity index (χ4v) is 4.15. The van der Waals surface area contributed by atoms with Gasteiger partial charge < -0.3 is 15.0 Å². The Morgan fingerprint density at radius 3 is 2.63 bits per heavy atom. The lowest BCUT2D eigenvalue weighted by Gasteiger charge is -2.16. The summed E-state index contributed by atoms with van der Waals surface area (Å²) in [7, 11) is 1.59. The number of aryl methyl sites for hydroxylation is 2. The quantitative estimate of drug-likeness (QED) is 0.631. The first-order valence-electron chi connectivity index (χ1n) is 9.74. The lowest BCUT2D eigenvalue weighted by atomic mass is 10.1. The van der Waals surface area contributed by atoms with Crippen LogP contribution >= 0.6 is 11.3 Å². The van der Waals surface area contributed by atoms with E-state index in [4.69, 9.17) is 4.74 Å². The van der Waals surface area contributed by atoms with Crippen molar-refractivity contribution in [1.82, 2.24) is 10.2 Å². The molecule has 0 spiro atoms. The number of nitrogens with one attached hydrogen (secondary N) is 1. The van der Waals surface area contributed by atoms with Gasteiger partial charge in [0.2, 0.25) is 16.9 Å². The molecule has 7 nitrogen and oxygen atoms in total. The molecule has 3 aromatic rings. The van der Waals surface area contributed by atoms with Crippen LogP contribution in [0.15, 0.2) is 54.6 Å². The molecule has 8 heteroatoms. The topological polar surface area (TPSA) is 84.4 Å². The number of anilines is 2. The molecule has 1 unspecified atom stereocenters. The van der Waals surface area contributed by atoms with Crippen molar-refractivity contribution in [3.05, 3.63) is 65.2 Å². The molecule has 1 aromatic heterocycles. The highest BCUT2D eigenvalue weighted by atomic mass is 32.1. The zero-order chi connectivity index (χ0) is 20.9. The maximum Gasteiger partial charge on any atom is 0.231 e. The molecule has 2 amide bonds. The molecule has 30 heavy (non-hydrogen) atoms. The van der Waals surface area contributed by atoms with Crippen LogP contribution in [0.25, 0.3) is 0 Å². The number of methoxy groups -OCH3 is 1. The summed E-state index contributed by atoms with van der Waals surface area (Å²) in [6.07, 6.45) is 1.82. The molecule has 1 N–H and O–H groups in total. The number of ether oxygens (including phenoxy) is 1. The minimum absolute atomic E-state index is 0.0684. The van der Waals surface area contributed by atoms with Crippen LogP contribution in [0.3, 0.4) is 0 Å². The Balaban J connectivity index is 1.33. The van der Waals surface area contributed by atoms with E-state index < -0.39 is 5.92 Å². The lowest BCUT2D eigenvalue weighted by molar-refractivity contribution is -0.122. The maximum atomic E-state index is 12.7. The van der Waals surface area contributed by atoms with Crippen molar-refractivity contribution in [2.45, 2.75) is 19.3 Å². The molecule has 1 saturated heterocycles. The monoisotopic (exact) mass is 422 g/mol. The summed E-state index contributed by atoms with van der Waals surface area (Å²) in [5, 5.41) is 12.4. The first-order valence-corrected chi connectivity index (χ1v) is 10.6. The number of amides is 2. The molecule has 1 fully saturated rings. The number of benzene rings is 2. The predicted molar refractivity (Wildman–Crippen MR) is 116 cm³/mol. The number of rotatable bonds is 7. The average Bonchev–Trinajstić information content (AvgIpc) is 3.39. The molecule has 1 atom stereocenters. The smallest absolute Gasteiger partial charge is 0.231 e. The van der Waals surface area contributed by atoms with Gasteiger partial charge >= 0.3 is 0 Å². The standard InChI is InChI=1S/C22H22N4O3S/c1-29-18-10-8-17(9-11-18)26-14-16(13-20(26)27)21(28)23-22-25-24-19(30-22)12-7-15-5-3-2-4-6-15/h2-6,8-11,16H,7,12-14H2,1H3,(H,23,25,28). The number of hydrogen-bond acceptors (Lipinski definition) is 6. The van der Waals surface area contributed by atoms with E-state index in [1.54, 1.807) is 24.1 Å². The van der Waals surface area contributed by atoms with Gasteiger partial charge in [-0.15, -0.1) is 10.2 Å². The van der Waals surface area contributed by atoms with Gasteiger partial charge in [-0.2, -0.15) is 0 Å². The minimum atomic E-state index is -0.420. The zero-order valence-electron chi connectivity index (χ0n) is 16.6. The van der Waals surface area contributed by atoms with Crippen LogP contribution in [0.2, 0.25) is 0 Å². The molecule has 0 aliphatic carbocycles. The van der Waals surface area contributed by atoms with Crippen LogP contribution in [-0.4, -0.2) is 35.7 Å². The number of carbonyl (C=O) groups excluding carboxylic acids is 2. The summed E-state index contributed by atoms with van der Waals surface area (Å²) in [5.74, 6) is 0.0292. The fourth-order valence-electron chi connectivity index (χ4n) is 3.40. The highest BCUT2D eigenvalue weighted by Crippen LogP contribution is 2.28. The number of hydrogen-bond donors (Lipinski definition) is 1. The normalized spacial score (nSPS) is 16.0. The molecule has 0 bridgehead atoms. The summed E-state index contributed by atoms with van der Waals surface area (Å²) >= 11 is 1.37. The van der Waals surface area contributed by atoms with Crippen molar-refractivity contribution in [2.24, 2.45) is 5.92 Å². The van der Waals surface area contributed by atoms with Gasteiger partial charge in [0, 0.05) is 25.1 Å². The molecule has 154 valence electrons. The van der Waals surface area contributed by atoms with Crippen molar-refractivity contribution < 1.29 is 14.3 Å². The molecule has 2 heterocycles. The zero-order valence-corrected chi connectivity index (χ0v) is 17.4. The molecule has 2 aromatic carbocycles. The number of aromatic nitrogens is 2. The number of carbonyl (C=O) groups is 2. The highest BCUT2D eigenvalue weighted by Gasteiger charge is 2.35. The Hall–Kier alpha value is -3.26. The molecule has 1 aliphatic heterocycles. The van der Waals surface area contributed by atoms with Crippen LogP contribution in [0, 0.1) is 5.92 Å². The summed E-state index contributed by atoms with van der Waals surface area (Å²) in [5.41, 5.74) is 2.00. The van der Waals surface area contributed by atoms with E-state index in [0.717, 1.165) is 29.3 Å². The second-order valence-corrected chi connectivity index (χ2v) is 8.14. The van der Waals surface area contributed by atoms with Crippen molar-refractivity contribution >= 4 is 34.0 Å². The first-order chi connectivity index (χ1) is 14.6. The Morgan fingerprint density at radius 2 is 1.90 bits per heavy atom. The van der Waals surface area contributed by atoms with Gasteiger partial charge in [0.15, 0.2) is 0 Å². The Morgan fingerprint density at radius 1 is 1.13 bits per heavy atom. The molecule has 0 saturated carbocycles. The molecular weight excluding hydrogens is 400 g/mol. The molecule has 4 rings (SSSR count). The second kappa shape index (κ2) is 9.04. The Labute approximate surface area is 178 Å². The third-order valence-corrected chi connectivity index (χ3v) is 5.95. The summed E-state index contributed by atoms with van der Waals surface area (Å²) in [6.45, 7) is 0.344. The molecule has 0 radical (unpaired) electrons. The van der Waals surface area contributed by atoms with Crippen molar-refractivity contribution in [2.75, 3.05) is 23.9 Å². The fraction of sp³-hybridized carbons (Fsp3) is 0.273. The van der Waals surface area contributed by atoms with Crippen LogP contribution in [0.1, 0.15) is 17.0 Å². The predicted octanol–water partition coefficient (Wildman–Crippen LogP) is 3.32. The molecule has 1 aliphatic rings. The Kier molecular flexibility index (Phi) is 6.04. The van der Waals surface area contributed by atoms with Crippen LogP contribution in [-0.2, 0) is 22.4 Å². The van der Waals surface area contributed by atoms with Crippen LogP contribution in [0.4, 0.5) is 10.8 Å². The van der Waals surface area contributed by atoms with Gasteiger partial charge in [0.05, 0.1) is 13.0 Å². The summed E-state index contributed by atoms with van der Waals surface area (Å²) in [4.78, 5) is 26.7. The van der Waals surface area contributed by atoms with Gasteiger partial charge in [0.1, 0.15) is 10.8 Å². The van der Waals surface area contributed by atoms with Gasteiger partial charge in [0.25, 0.3) is 0 Å². The highest BCUT2D eigenvalue weighted by molar-refractivity contribution is 7.15. The van der Waals surface area contributed by atoms with Crippen molar-refractivity contribution in [3.63, 3.8) is 0 Å². The SMILES string of the molecule is COc1ccc(N2CC(C(=O)Nc3nnc(CCc4ccccc4)s3)CC2=O)cc1. The van der Waals surface area contributed by atoms with E-state index in [9.17, 15) is 9.59 Å². The van der Waals surface area contributed by atoms with Crippen molar-refractivity contribution in [3.8, 4) is 5.75 Å². The van der Waals surface area contributed by atoms with E-state index in [1.807, 2.05) is 30.3 Å². The maximum absolute atomic E-state index is 12.7. The lowest BCUT2D eigenvalue weighted by Crippen LogP contribution is -2.28. The van der Waals surface area contributed by atoms with Gasteiger partial charge in [-0.3, -0.25) is 9.59 Å². The largest absolute Gasteiger partial charge is 0.497 e. The van der Waals surface area contributed by atoms with E-state index >= 15 is 0 Å². The second-order valence-electron chi connectivity index (χ2n) is 7.08. The van der Waals surface area contributed by atoms with E-state index in [1.165, 1.54) is 16.9 Å². The first kappa shape index (κ1) is 20.0. The average molecular weight is 423 g/mol. The minimum Gasteiger partial charge on any atom is -0.497 e.